The minimum atomic E-state index is -4.90. The van der Waals surface area contributed by atoms with Crippen molar-refractivity contribution in [2.24, 2.45) is 10.8 Å². The van der Waals surface area contributed by atoms with Gasteiger partial charge in [-0.15, -0.1) is 0 Å². The fourth-order valence-electron chi connectivity index (χ4n) is 5.16. The van der Waals surface area contributed by atoms with Crippen molar-refractivity contribution in [2.45, 2.75) is 44.4 Å². The zero-order valence-corrected chi connectivity index (χ0v) is 25.9. The second-order valence-corrected chi connectivity index (χ2v) is 11.9. The molecular weight excluding hydrogens is 670 g/mol. The van der Waals surface area contributed by atoms with Crippen LogP contribution < -0.4 is 10.5 Å². The van der Waals surface area contributed by atoms with Crippen LogP contribution in [0.1, 0.15) is 48.9 Å². The van der Waals surface area contributed by atoms with E-state index in [2.05, 4.69) is 24.7 Å². The van der Waals surface area contributed by atoms with E-state index >= 15 is 0 Å². The van der Waals surface area contributed by atoms with Crippen LogP contribution in [0.25, 0.3) is 22.6 Å². The van der Waals surface area contributed by atoms with Crippen molar-refractivity contribution in [1.82, 2.24) is 20.1 Å². The first kappa shape index (κ1) is 34.7. The summed E-state index contributed by atoms with van der Waals surface area (Å²) in [6, 6.07) is 7.86. The molecule has 0 aliphatic carbocycles. The van der Waals surface area contributed by atoms with E-state index in [-0.39, 0.29) is 66.0 Å². The predicted molar refractivity (Wildman–Crippen MR) is 158 cm³/mol. The van der Waals surface area contributed by atoms with Crippen molar-refractivity contribution in [3.63, 3.8) is 0 Å². The predicted octanol–water partition coefficient (Wildman–Crippen LogP) is 5.24. The van der Waals surface area contributed by atoms with E-state index in [1.54, 1.807) is 6.92 Å². The molecule has 2 aromatic heterocycles. The molecule has 0 saturated heterocycles. The van der Waals surface area contributed by atoms with E-state index in [1.165, 1.54) is 24.4 Å². The summed E-state index contributed by atoms with van der Waals surface area (Å²) < 4.78 is 97.5. The Hall–Kier alpha value is -4.64. The van der Waals surface area contributed by atoms with Gasteiger partial charge < -0.3 is 29.8 Å². The van der Waals surface area contributed by atoms with Crippen LogP contribution in [0.2, 0.25) is 0 Å². The van der Waals surface area contributed by atoms with Crippen molar-refractivity contribution < 1.29 is 54.9 Å². The van der Waals surface area contributed by atoms with E-state index in [0.29, 0.717) is 6.42 Å². The maximum atomic E-state index is 14.5. The quantitative estimate of drug-likeness (QED) is 0.0817. The van der Waals surface area contributed by atoms with Crippen LogP contribution in [0.5, 0.6) is 5.75 Å². The minimum Gasteiger partial charge on any atom is -0.494 e. The third-order valence-corrected chi connectivity index (χ3v) is 7.92. The lowest BCUT2D eigenvalue weighted by atomic mass is 9.87. The van der Waals surface area contributed by atoms with E-state index < -0.39 is 54.8 Å². The molecule has 3 heterocycles. The summed E-state index contributed by atoms with van der Waals surface area (Å²) in [6.07, 6.45) is -3.70. The Morgan fingerprint density at radius 3 is 2.60 bits per heavy atom. The number of nitrogens with two attached hydrogens (primary N) is 1. The number of aromatic amines is 1. The Balaban J connectivity index is 1.55. The maximum Gasteiger partial charge on any atom is 0.469 e. The first-order valence-electron chi connectivity index (χ1n) is 14.3. The second kappa shape index (κ2) is 13.5. The number of fused-ring (bicyclic) bond motifs is 1. The van der Waals surface area contributed by atoms with Crippen molar-refractivity contribution >= 4 is 19.9 Å². The molecule has 19 heteroatoms. The van der Waals surface area contributed by atoms with E-state index in [9.17, 15) is 31.3 Å². The lowest BCUT2D eigenvalue weighted by Crippen LogP contribution is -2.53. The number of hydrogen-bond acceptors (Lipinski definition) is 9. The summed E-state index contributed by atoms with van der Waals surface area (Å²) in [7, 11) is -4.90. The maximum absolute atomic E-state index is 14.5. The standard InChI is InChI=1S/C29H28F5N6O7P/c1-2-10-45-16-7-8-17(19(12-16)29(32,33)34)21-13-24(47-39-21)28(27(35)41,9-4-11-46-48(42,43)44)40-15-23-22(14-36-40)37-26(38-23)18-5-3-6-20(30)25(18)31/h3,5-8,12-14H,2,4,9-11,15H2,1H3,(H2,35,41)(H,37,38)(H2,42,43,44). The average molecular weight is 699 g/mol. The number of carbonyl (C=O) groups excluding carboxylic acids is 1. The number of hydrazone groups is 1. The number of H-pyrrole nitrogens is 1. The molecule has 1 amide bonds. The number of nitrogens with one attached hydrogen (secondary N) is 1. The zero-order chi connectivity index (χ0) is 34.9. The normalized spacial score (nSPS) is 14.5. The summed E-state index contributed by atoms with van der Waals surface area (Å²) >= 11 is 0. The first-order valence-corrected chi connectivity index (χ1v) is 15.8. The summed E-state index contributed by atoms with van der Waals surface area (Å²) in [5.41, 5.74) is 2.27. The fraction of sp³-hybridized carbons (Fsp3) is 0.310. The molecule has 48 heavy (non-hydrogen) atoms. The van der Waals surface area contributed by atoms with Gasteiger partial charge in [-0.1, -0.05) is 18.1 Å². The molecule has 5 rings (SSSR count). The number of aromatic nitrogens is 3. The number of nitrogens with zero attached hydrogens (tertiary/aromatic N) is 4. The first-order chi connectivity index (χ1) is 22.6. The number of primary amides is 1. The molecule has 0 bridgehead atoms. The number of rotatable bonds is 13. The van der Waals surface area contributed by atoms with Crippen LogP contribution in [-0.2, 0) is 32.1 Å². The Morgan fingerprint density at radius 2 is 1.92 bits per heavy atom. The topological polar surface area (TPSA) is 189 Å². The number of hydrogen-bond donors (Lipinski definition) is 4. The zero-order valence-electron chi connectivity index (χ0n) is 25.0. The lowest BCUT2D eigenvalue weighted by molar-refractivity contribution is -0.137. The highest BCUT2D eigenvalue weighted by atomic mass is 31.2. The highest BCUT2D eigenvalue weighted by Crippen LogP contribution is 2.43. The van der Waals surface area contributed by atoms with Gasteiger partial charge in [0.1, 0.15) is 23.0 Å². The molecule has 4 aromatic rings. The van der Waals surface area contributed by atoms with Crippen LogP contribution in [0.3, 0.4) is 0 Å². The lowest BCUT2D eigenvalue weighted by Gasteiger charge is -2.38. The van der Waals surface area contributed by atoms with Gasteiger partial charge in [0.15, 0.2) is 22.9 Å². The fourth-order valence-corrected chi connectivity index (χ4v) is 5.53. The van der Waals surface area contributed by atoms with E-state index in [0.717, 1.165) is 29.3 Å². The third-order valence-electron chi connectivity index (χ3n) is 7.40. The molecule has 0 saturated carbocycles. The minimum absolute atomic E-state index is 0.0244. The SMILES string of the molecule is CCCOc1ccc(-c2cc(C(CCCOP(=O)(O)O)(C(N)=O)N3Cc4[nH]c(-c5cccc(F)c5F)nc4C=N3)on2)c(C(F)(F)F)c1. The van der Waals surface area contributed by atoms with Crippen molar-refractivity contribution in [3.8, 4) is 28.4 Å². The molecule has 1 unspecified atom stereocenters. The molecule has 0 spiro atoms. The largest absolute Gasteiger partial charge is 0.494 e. The summed E-state index contributed by atoms with van der Waals surface area (Å²) in [4.78, 5) is 38.7. The van der Waals surface area contributed by atoms with Gasteiger partial charge in [0.2, 0.25) is 0 Å². The van der Waals surface area contributed by atoms with E-state index in [1.807, 2.05) is 0 Å². The van der Waals surface area contributed by atoms with Crippen LogP contribution in [-0.4, -0.2) is 55.3 Å². The van der Waals surface area contributed by atoms with Crippen LogP contribution in [0.15, 0.2) is 52.1 Å². The van der Waals surface area contributed by atoms with E-state index in [4.69, 9.17) is 24.8 Å². The van der Waals surface area contributed by atoms with Crippen LogP contribution in [0.4, 0.5) is 22.0 Å². The number of phosphoric acid groups is 1. The number of phosphoric ester groups is 1. The van der Waals surface area contributed by atoms with Gasteiger partial charge in [0.05, 0.1) is 42.8 Å². The van der Waals surface area contributed by atoms with Gasteiger partial charge in [-0.25, -0.2) is 18.3 Å². The molecule has 1 aliphatic rings. The number of halogens is 5. The van der Waals surface area contributed by atoms with Gasteiger partial charge in [-0.3, -0.25) is 14.3 Å². The Labute approximate surface area is 268 Å². The Morgan fingerprint density at radius 1 is 1.15 bits per heavy atom. The average Bonchev–Trinajstić information content (AvgIpc) is 3.68. The Bertz CT molecular complexity index is 1890. The summed E-state index contributed by atoms with van der Waals surface area (Å²) in [5.74, 6) is -3.82. The molecule has 2 aromatic carbocycles. The van der Waals surface area contributed by atoms with Gasteiger partial charge in [0.25, 0.3) is 5.91 Å². The number of benzene rings is 2. The summed E-state index contributed by atoms with van der Waals surface area (Å²) in [6.45, 7) is 1.13. The molecule has 5 N–H and O–H groups in total. The molecular formula is C29H28F5N6O7P. The summed E-state index contributed by atoms with van der Waals surface area (Å²) in [5, 5.41) is 9.21. The van der Waals surface area contributed by atoms with Crippen molar-refractivity contribution in [2.75, 3.05) is 13.2 Å². The van der Waals surface area contributed by atoms with Gasteiger partial charge >= 0.3 is 14.0 Å². The van der Waals surface area contributed by atoms with Crippen molar-refractivity contribution in [3.05, 3.63) is 76.8 Å². The number of alkyl halides is 3. The van der Waals surface area contributed by atoms with Gasteiger partial charge in [0, 0.05) is 11.6 Å². The molecule has 1 aliphatic heterocycles. The second-order valence-electron chi connectivity index (χ2n) is 10.6. The number of imidazole rings is 1. The van der Waals surface area contributed by atoms with Crippen molar-refractivity contribution in [1.29, 1.82) is 0 Å². The Kier molecular flexibility index (Phi) is 9.73. The molecule has 1 atom stereocenters. The highest BCUT2D eigenvalue weighted by molar-refractivity contribution is 7.46. The van der Waals surface area contributed by atoms with Crippen LogP contribution >= 0.6 is 7.82 Å². The molecule has 256 valence electrons. The number of amides is 1. The number of carbonyl (C=O) groups is 1. The highest BCUT2D eigenvalue weighted by Gasteiger charge is 2.49. The van der Waals surface area contributed by atoms with Gasteiger partial charge in [-0.2, -0.15) is 18.3 Å². The third kappa shape index (κ3) is 7.11. The van der Waals surface area contributed by atoms with Gasteiger partial charge in [-0.05, 0) is 49.6 Å². The smallest absolute Gasteiger partial charge is 0.469 e. The number of ether oxygens (including phenoxy) is 1. The monoisotopic (exact) mass is 698 g/mol. The molecule has 13 nitrogen and oxygen atoms in total. The molecule has 0 fully saturated rings. The van der Waals surface area contributed by atoms with Crippen LogP contribution in [0, 0.1) is 11.6 Å². The molecule has 0 radical (unpaired) electrons.